The van der Waals surface area contributed by atoms with Gasteiger partial charge < -0.3 is 9.52 Å². The summed E-state index contributed by atoms with van der Waals surface area (Å²) in [6, 6.07) is 1.70. The molecule has 1 fully saturated rings. The molecule has 0 amide bonds. The molecule has 3 nitrogen and oxygen atoms in total. The van der Waals surface area contributed by atoms with Gasteiger partial charge in [-0.2, -0.15) is 0 Å². The summed E-state index contributed by atoms with van der Waals surface area (Å²) in [6.07, 6.45) is 6.58. The zero-order valence-corrected chi connectivity index (χ0v) is 11.1. The van der Waals surface area contributed by atoms with Crippen molar-refractivity contribution in [2.75, 3.05) is 0 Å². The Morgan fingerprint density at radius 1 is 1.56 bits per heavy atom. The number of hydrogen-bond acceptors (Lipinski definition) is 3. The topological polar surface area (TPSA) is 50.4 Å². The van der Waals surface area contributed by atoms with Crippen LogP contribution in [-0.2, 0) is 0 Å². The van der Waals surface area contributed by atoms with Gasteiger partial charge in [-0.3, -0.25) is 4.79 Å². The van der Waals surface area contributed by atoms with E-state index in [1.807, 2.05) is 6.08 Å². The number of carbonyl (C=O) groups is 1. The molecule has 98 valence electrons. The van der Waals surface area contributed by atoms with E-state index in [0.717, 1.165) is 18.4 Å². The number of rotatable bonds is 3. The number of aliphatic hydroxyl groups is 1. The maximum atomic E-state index is 12.4. The van der Waals surface area contributed by atoms with Crippen molar-refractivity contribution in [3.05, 3.63) is 35.8 Å². The summed E-state index contributed by atoms with van der Waals surface area (Å²) in [5.74, 6) is 0.479. The minimum Gasteiger partial charge on any atom is -0.472 e. The number of ketones is 1. The number of Topliss-reactive ketones (excluding diaryl/α,β-unsaturated/α-hetero) is 1. The van der Waals surface area contributed by atoms with Gasteiger partial charge in [-0.25, -0.2) is 0 Å². The van der Waals surface area contributed by atoms with Crippen LogP contribution in [0.4, 0.5) is 0 Å². The highest BCUT2D eigenvalue weighted by Crippen LogP contribution is 2.38. The van der Waals surface area contributed by atoms with Gasteiger partial charge in [0.15, 0.2) is 5.78 Å². The Labute approximate surface area is 108 Å². The standard InChI is InChI=1S/C15H20O3/c1-10-6-12(8-15(2,3)17)13(7-10)14(16)11-4-5-18-9-11/h4-5,8-10,13,17H,6-7H2,1-3H3. The molecule has 1 aromatic heterocycles. The average molecular weight is 248 g/mol. The van der Waals surface area contributed by atoms with Crippen molar-refractivity contribution >= 4 is 5.78 Å². The third kappa shape index (κ3) is 2.91. The lowest BCUT2D eigenvalue weighted by Crippen LogP contribution is -2.19. The second kappa shape index (κ2) is 4.73. The molecule has 0 spiro atoms. The van der Waals surface area contributed by atoms with E-state index in [4.69, 9.17) is 4.42 Å². The molecule has 1 aliphatic carbocycles. The van der Waals surface area contributed by atoms with Gasteiger partial charge in [0, 0.05) is 5.92 Å². The zero-order valence-electron chi connectivity index (χ0n) is 11.1. The van der Waals surface area contributed by atoms with Crippen LogP contribution >= 0.6 is 0 Å². The summed E-state index contributed by atoms with van der Waals surface area (Å²) in [5.41, 5.74) is 0.811. The van der Waals surface area contributed by atoms with E-state index >= 15 is 0 Å². The van der Waals surface area contributed by atoms with Gasteiger partial charge in [0.05, 0.1) is 17.4 Å². The molecule has 18 heavy (non-hydrogen) atoms. The van der Waals surface area contributed by atoms with Crippen LogP contribution in [0.15, 0.2) is 34.7 Å². The van der Waals surface area contributed by atoms with E-state index < -0.39 is 5.60 Å². The van der Waals surface area contributed by atoms with Gasteiger partial charge in [-0.15, -0.1) is 0 Å². The maximum absolute atomic E-state index is 12.4. The third-order valence-corrected chi connectivity index (χ3v) is 3.33. The van der Waals surface area contributed by atoms with E-state index in [0.29, 0.717) is 11.5 Å². The van der Waals surface area contributed by atoms with Gasteiger partial charge in [0.25, 0.3) is 0 Å². The first-order valence-electron chi connectivity index (χ1n) is 6.37. The number of furan rings is 1. The van der Waals surface area contributed by atoms with E-state index in [9.17, 15) is 9.90 Å². The molecule has 1 aromatic rings. The van der Waals surface area contributed by atoms with Crippen molar-refractivity contribution in [1.29, 1.82) is 0 Å². The Morgan fingerprint density at radius 2 is 2.28 bits per heavy atom. The molecular formula is C15H20O3. The Morgan fingerprint density at radius 3 is 2.83 bits per heavy atom. The van der Waals surface area contributed by atoms with Crippen LogP contribution in [0, 0.1) is 11.8 Å². The van der Waals surface area contributed by atoms with Crippen molar-refractivity contribution < 1.29 is 14.3 Å². The van der Waals surface area contributed by atoms with E-state index in [1.165, 1.54) is 12.5 Å². The van der Waals surface area contributed by atoms with E-state index in [1.54, 1.807) is 19.9 Å². The second-order valence-electron chi connectivity index (χ2n) is 5.85. The number of carbonyl (C=O) groups excluding carboxylic acids is 1. The average Bonchev–Trinajstić information content (AvgIpc) is 2.84. The maximum Gasteiger partial charge on any atom is 0.173 e. The molecule has 0 radical (unpaired) electrons. The van der Waals surface area contributed by atoms with Crippen LogP contribution in [0.1, 0.15) is 44.0 Å². The summed E-state index contributed by atoms with van der Waals surface area (Å²) in [7, 11) is 0. The minimum atomic E-state index is -0.867. The molecule has 2 atom stereocenters. The lowest BCUT2D eigenvalue weighted by molar-refractivity contribution is 0.0935. The quantitative estimate of drug-likeness (QED) is 0.660. The fraction of sp³-hybridized carbons (Fsp3) is 0.533. The highest BCUT2D eigenvalue weighted by Gasteiger charge is 2.33. The molecule has 1 saturated carbocycles. The lowest BCUT2D eigenvalue weighted by atomic mass is 9.91. The number of allylic oxidation sites excluding steroid dienone is 1. The van der Waals surface area contributed by atoms with Crippen molar-refractivity contribution in [3.63, 3.8) is 0 Å². The smallest absolute Gasteiger partial charge is 0.173 e. The van der Waals surface area contributed by atoms with Crippen molar-refractivity contribution in [2.24, 2.45) is 11.8 Å². The lowest BCUT2D eigenvalue weighted by Gasteiger charge is -2.16. The first kappa shape index (κ1) is 13.1. The molecule has 2 unspecified atom stereocenters. The molecule has 1 N–H and O–H groups in total. The summed E-state index contributed by atoms with van der Waals surface area (Å²) in [6.45, 7) is 5.62. The number of hydrogen-bond donors (Lipinski definition) is 1. The molecule has 1 heterocycles. The highest BCUT2D eigenvalue weighted by molar-refractivity contribution is 5.99. The molecule has 0 bridgehead atoms. The first-order valence-corrected chi connectivity index (χ1v) is 6.37. The van der Waals surface area contributed by atoms with Crippen LogP contribution in [-0.4, -0.2) is 16.5 Å². The summed E-state index contributed by atoms with van der Waals surface area (Å²) in [5, 5.41) is 9.89. The van der Waals surface area contributed by atoms with Crippen molar-refractivity contribution in [1.82, 2.24) is 0 Å². The zero-order chi connectivity index (χ0) is 13.3. The highest BCUT2D eigenvalue weighted by atomic mass is 16.3. The van der Waals surface area contributed by atoms with E-state index in [-0.39, 0.29) is 11.7 Å². The van der Waals surface area contributed by atoms with Gasteiger partial charge >= 0.3 is 0 Å². The SMILES string of the molecule is CC1CC(=CC(C)(C)O)C(C(=O)c2ccoc2)C1. The Hall–Kier alpha value is -1.35. The van der Waals surface area contributed by atoms with Crippen LogP contribution in [0.3, 0.4) is 0 Å². The van der Waals surface area contributed by atoms with Crippen LogP contribution in [0.5, 0.6) is 0 Å². The monoisotopic (exact) mass is 248 g/mol. The summed E-state index contributed by atoms with van der Waals surface area (Å²) >= 11 is 0. The second-order valence-corrected chi connectivity index (χ2v) is 5.85. The van der Waals surface area contributed by atoms with Gasteiger partial charge in [0.1, 0.15) is 6.26 Å². The molecule has 3 heteroatoms. The summed E-state index contributed by atoms with van der Waals surface area (Å²) < 4.78 is 4.97. The van der Waals surface area contributed by atoms with Gasteiger partial charge in [-0.1, -0.05) is 18.6 Å². The van der Waals surface area contributed by atoms with E-state index in [2.05, 4.69) is 6.92 Å². The first-order chi connectivity index (χ1) is 8.37. The molecular weight excluding hydrogens is 228 g/mol. The Bertz CT molecular complexity index is 449. The molecule has 2 rings (SSSR count). The van der Waals surface area contributed by atoms with Crippen LogP contribution < -0.4 is 0 Å². The largest absolute Gasteiger partial charge is 0.472 e. The minimum absolute atomic E-state index is 0.101. The van der Waals surface area contributed by atoms with Crippen LogP contribution in [0.25, 0.3) is 0 Å². The van der Waals surface area contributed by atoms with Gasteiger partial charge in [-0.05, 0) is 38.7 Å². The fourth-order valence-corrected chi connectivity index (χ4v) is 2.68. The molecule has 0 saturated heterocycles. The van der Waals surface area contributed by atoms with Crippen molar-refractivity contribution in [3.8, 4) is 0 Å². The Kier molecular flexibility index (Phi) is 3.44. The molecule has 0 aromatic carbocycles. The molecule has 1 aliphatic rings. The normalized spacial score (nSPS) is 26.8. The predicted octanol–water partition coefficient (Wildman–Crippen LogP) is 3.21. The third-order valence-electron chi connectivity index (χ3n) is 3.33. The fourth-order valence-electron chi connectivity index (χ4n) is 2.68. The Balaban J connectivity index is 2.26. The predicted molar refractivity (Wildman–Crippen MR) is 69.3 cm³/mol. The van der Waals surface area contributed by atoms with Crippen LogP contribution in [0.2, 0.25) is 0 Å². The summed E-state index contributed by atoms with van der Waals surface area (Å²) in [4.78, 5) is 12.4. The molecule has 0 aliphatic heterocycles. The van der Waals surface area contributed by atoms with Crippen molar-refractivity contribution in [2.45, 2.75) is 39.2 Å². The van der Waals surface area contributed by atoms with Gasteiger partial charge in [0.2, 0.25) is 0 Å².